The Morgan fingerprint density at radius 3 is 2.05 bits per heavy atom. The molecule has 0 aromatic rings. The monoisotopic (exact) mass is 315 g/mol. The summed E-state index contributed by atoms with van der Waals surface area (Å²) >= 11 is 0. The molecule has 0 unspecified atom stereocenters. The van der Waals surface area contributed by atoms with E-state index in [1.807, 2.05) is 20.8 Å². The van der Waals surface area contributed by atoms with Crippen LogP contribution in [0.4, 0.5) is 0 Å². The lowest BCUT2D eigenvalue weighted by Gasteiger charge is -2.57. The smallest absolute Gasteiger partial charge is 0.232 e. The van der Waals surface area contributed by atoms with Crippen LogP contribution in [0.3, 0.4) is 0 Å². The summed E-state index contributed by atoms with van der Waals surface area (Å²) < 4.78 is 2.33. The zero-order valence-electron chi connectivity index (χ0n) is 15.4. The van der Waals surface area contributed by atoms with Crippen molar-refractivity contribution >= 4 is 22.1 Å². The van der Waals surface area contributed by atoms with Crippen molar-refractivity contribution in [3.8, 4) is 0 Å². The van der Waals surface area contributed by atoms with Gasteiger partial charge in [0.1, 0.15) is 0 Å². The van der Waals surface area contributed by atoms with E-state index in [0.717, 1.165) is 11.7 Å². The molecule has 0 saturated heterocycles. The fraction of sp³-hybridized carbons (Fsp3) is 0.875. The molecule has 0 bridgehead atoms. The first-order chi connectivity index (χ1) is 9.06. The first-order valence-corrected chi connectivity index (χ1v) is 10.1. The van der Waals surface area contributed by atoms with Gasteiger partial charge in [0.2, 0.25) is 11.9 Å². The van der Waals surface area contributed by atoms with Crippen LogP contribution < -0.4 is 5.32 Å². The molecule has 5 heteroatoms. The lowest BCUT2D eigenvalue weighted by atomic mass is 9.96. The normalized spacial score (nSPS) is 23.3. The number of hydrogen-bond donors (Lipinski definition) is 1. The molecule has 21 heavy (non-hydrogen) atoms. The minimum atomic E-state index is -1.04. The highest BCUT2D eigenvalue weighted by molar-refractivity contribution is 8.31. The van der Waals surface area contributed by atoms with Crippen molar-refractivity contribution in [1.29, 1.82) is 0 Å². The zero-order chi connectivity index (χ0) is 16.9. The van der Waals surface area contributed by atoms with Crippen LogP contribution in [0.15, 0.2) is 4.99 Å². The molecule has 0 atom stereocenters. The van der Waals surface area contributed by atoms with Crippen LogP contribution in [0.1, 0.15) is 55.4 Å². The lowest BCUT2D eigenvalue weighted by molar-refractivity contribution is -0.127. The molecular formula is C16H33N3OS. The molecular weight excluding hydrogens is 282 g/mol. The van der Waals surface area contributed by atoms with Gasteiger partial charge < -0.3 is 0 Å². The molecule has 0 radical (unpaired) electrons. The molecule has 1 heterocycles. The molecule has 0 aromatic carbocycles. The summed E-state index contributed by atoms with van der Waals surface area (Å²) in [5.74, 6) is 1.79. The van der Waals surface area contributed by atoms with Gasteiger partial charge in [-0.1, -0.05) is 20.8 Å². The Bertz CT molecular complexity index is 453. The van der Waals surface area contributed by atoms with Gasteiger partial charge in [0.15, 0.2) is 0 Å². The van der Waals surface area contributed by atoms with Gasteiger partial charge in [-0.3, -0.25) is 14.4 Å². The summed E-state index contributed by atoms with van der Waals surface area (Å²) in [6, 6.07) is 0. The second-order valence-corrected chi connectivity index (χ2v) is 12.7. The second-order valence-electron chi connectivity index (χ2n) is 9.04. The Morgan fingerprint density at radius 1 is 1.19 bits per heavy atom. The lowest BCUT2D eigenvalue weighted by Crippen LogP contribution is -2.59. The number of aliphatic imine (C=N–C) groups is 1. The molecule has 0 saturated carbocycles. The van der Waals surface area contributed by atoms with Crippen molar-refractivity contribution in [3.63, 3.8) is 0 Å². The highest BCUT2D eigenvalue weighted by atomic mass is 32.3. The van der Waals surface area contributed by atoms with Crippen molar-refractivity contribution < 1.29 is 4.79 Å². The molecule has 1 rings (SSSR count). The molecule has 1 N–H and O–H groups in total. The van der Waals surface area contributed by atoms with Gasteiger partial charge >= 0.3 is 0 Å². The minimum absolute atomic E-state index is 0.0170. The van der Waals surface area contributed by atoms with Gasteiger partial charge in [-0.15, -0.1) is 0 Å². The van der Waals surface area contributed by atoms with E-state index in [-0.39, 0.29) is 17.0 Å². The first-order valence-electron chi connectivity index (χ1n) is 7.49. The third-order valence-electron chi connectivity index (χ3n) is 3.32. The molecule has 0 spiro atoms. The van der Waals surface area contributed by atoms with E-state index in [9.17, 15) is 4.79 Å². The fourth-order valence-corrected chi connectivity index (χ4v) is 6.91. The van der Waals surface area contributed by atoms with Crippen molar-refractivity contribution in [1.82, 2.24) is 9.62 Å². The van der Waals surface area contributed by atoms with Gasteiger partial charge in [0.05, 0.1) is 5.54 Å². The summed E-state index contributed by atoms with van der Waals surface area (Å²) in [4.78, 5) is 17.3. The Kier molecular flexibility index (Phi) is 4.53. The Morgan fingerprint density at radius 2 is 1.67 bits per heavy atom. The first kappa shape index (κ1) is 18.3. The van der Waals surface area contributed by atoms with Crippen LogP contribution in [0.5, 0.6) is 0 Å². The van der Waals surface area contributed by atoms with Crippen LogP contribution in [0.25, 0.3) is 0 Å². The Hall–Kier alpha value is -0.710. The highest BCUT2D eigenvalue weighted by Gasteiger charge is 2.43. The maximum Gasteiger partial charge on any atom is 0.232 e. The molecule has 4 nitrogen and oxygen atoms in total. The average molecular weight is 316 g/mol. The number of nitrogens with zero attached hydrogens (tertiary/aromatic N) is 2. The van der Waals surface area contributed by atoms with E-state index in [2.05, 4.69) is 56.8 Å². The van der Waals surface area contributed by atoms with Crippen LogP contribution in [0.2, 0.25) is 0 Å². The van der Waals surface area contributed by atoms with E-state index in [1.165, 1.54) is 0 Å². The van der Waals surface area contributed by atoms with Crippen LogP contribution in [0, 0.1) is 5.41 Å². The predicted octanol–water partition coefficient (Wildman–Crippen LogP) is 3.38. The third-order valence-corrected chi connectivity index (χ3v) is 6.44. The third kappa shape index (κ3) is 4.38. The van der Waals surface area contributed by atoms with Crippen molar-refractivity contribution in [3.05, 3.63) is 0 Å². The topological polar surface area (TPSA) is 44.7 Å². The SMILES string of the molecule is CC1(C)CS(C)(C)N(C(C)(C)C)C(NC(=O)C(C)(C)C)=N1. The molecule has 1 amide bonds. The largest absolute Gasteiger partial charge is 0.300 e. The Balaban J connectivity index is 3.28. The van der Waals surface area contributed by atoms with Crippen LogP contribution >= 0.6 is 10.2 Å². The predicted molar refractivity (Wildman–Crippen MR) is 95.0 cm³/mol. The maximum absolute atomic E-state index is 12.4. The molecule has 0 fully saturated rings. The highest BCUT2D eigenvalue weighted by Crippen LogP contribution is 2.53. The fourth-order valence-electron chi connectivity index (χ4n) is 2.95. The van der Waals surface area contributed by atoms with E-state index >= 15 is 0 Å². The van der Waals surface area contributed by atoms with Gasteiger partial charge in [-0.25, -0.2) is 4.99 Å². The summed E-state index contributed by atoms with van der Waals surface area (Å²) in [5.41, 5.74) is -0.631. The standard InChI is InChI=1S/C16H33N3OS/c1-14(2,3)12(20)17-13-18-16(7,8)11-21(9,10)19(13)15(4,5)6/h11H2,1-10H3,(H,17,18,20). The van der Waals surface area contributed by atoms with Gasteiger partial charge in [0, 0.05) is 16.7 Å². The van der Waals surface area contributed by atoms with Crippen molar-refractivity contribution in [2.75, 3.05) is 18.3 Å². The van der Waals surface area contributed by atoms with Crippen molar-refractivity contribution in [2.45, 2.75) is 66.5 Å². The summed E-state index contributed by atoms with van der Waals surface area (Å²) in [6.45, 7) is 16.6. The number of nitrogens with one attached hydrogen (secondary N) is 1. The number of guanidine groups is 1. The number of hydrogen-bond acceptors (Lipinski definition) is 3. The molecule has 1 aliphatic rings. The number of amides is 1. The number of rotatable bonds is 0. The van der Waals surface area contributed by atoms with E-state index in [1.54, 1.807) is 0 Å². The summed E-state index contributed by atoms with van der Waals surface area (Å²) in [7, 11) is -1.04. The second kappa shape index (κ2) is 5.18. The van der Waals surface area contributed by atoms with E-state index < -0.39 is 15.6 Å². The van der Waals surface area contributed by atoms with Crippen LogP contribution in [-0.2, 0) is 4.79 Å². The molecule has 0 aliphatic carbocycles. The summed E-state index contributed by atoms with van der Waals surface area (Å²) in [6.07, 6.45) is 4.61. The number of carbonyl (C=O) groups is 1. The molecule has 1 aliphatic heterocycles. The average Bonchev–Trinajstić information content (AvgIpc) is 2.07. The van der Waals surface area contributed by atoms with Gasteiger partial charge in [0.25, 0.3) is 0 Å². The van der Waals surface area contributed by atoms with Gasteiger partial charge in [-0.05, 0) is 47.1 Å². The quantitative estimate of drug-likeness (QED) is 0.745. The zero-order valence-corrected chi connectivity index (χ0v) is 16.2. The maximum atomic E-state index is 12.4. The van der Waals surface area contributed by atoms with E-state index in [0.29, 0.717) is 0 Å². The molecule has 124 valence electrons. The minimum Gasteiger partial charge on any atom is -0.300 e. The van der Waals surface area contributed by atoms with Gasteiger partial charge in [-0.2, -0.15) is 10.2 Å². The van der Waals surface area contributed by atoms with Crippen molar-refractivity contribution in [2.24, 2.45) is 10.4 Å². The number of carbonyl (C=O) groups excluding carboxylic acids is 1. The van der Waals surface area contributed by atoms with E-state index in [4.69, 9.17) is 4.99 Å². The van der Waals surface area contributed by atoms with Crippen LogP contribution in [-0.4, -0.2) is 45.5 Å². The summed E-state index contributed by atoms with van der Waals surface area (Å²) in [5, 5.41) is 3.08. The Labute approximate surface area is 132 Å². The molecule has 0 aromatic heterocycles.